The summed E-state index contributed by atoms with van der Waals surface area (Å²) < 4.78 is 23.4. The van der Waals surface area contributed by atoms with Gasteiger partial charge in [0.1, 0.15) is 13.2 Å². The standard InChI is InChI=1S/C66H129N2O6P/c1-6-8-10-12-14-16-18-20-22-24-26-28-30-32-33-34-35-36-37-39-41-43-45-47-49-51-53-55-57-59-65(69)64(63-74-75(71,72)73-62-61-68(3,4)5)67-66(70)60-58-56-54-52-50-48-46-44-42-40-38-31-29-27-25-23-21-19-17-15-13-11-9-7-2/h41,43,49,51,57,59,64-65,69H,6-40,42,44-48,50,52-56,58,60-63H2,1-5H3,(H-,67,70,71,72)/b43-41+,51-49+,59-57+. The molecule has 0 rings (SSSR count). The molecule has 0 spiro atoms. The number of likely N-dealkylation sites (N-methyl/N-ethyl adjacent to an activating group) is 1. The summed E-state index contributed by atoms with van der Waals surface area (Å²) in [4.78, 5) is 25.6. The molecule has 2 N–H and O–H groups in total. The molecule has 0 aromatic carbocycles. The molecular weight excluding hydrogens is 948 g/mol. The summed E-state index contributed by atoms with van der Waals surface area (Å²) in [6.07, 6.45) is 75.5. The first-order chi connectivity index (χ1) is 36.5. The van der Waals surface area contributed by atoms with E-state index in [-0.39, 0.29) is 12.5 Å². The molecule has 3 unspecified atom stereocenters. The van der Waals surface area contributed by atoms with Crippen LogP contribution in [0.4, 0.5) is 0 Å². The van der Waals surface area contributed by atoms with Gasteiger partial charge in [-0.15, -0.1) is 0 Å². The third kappa shape index (κ3) is 60.2. The lowest BCUT2D eigenvalue weighted by atomic mass is 10.0. The number of aliphatic hydroxyl groups excluding tert-OH is 1. The molecule has 0 heterocycles. The molecule has 0 saturated heterocycles. The number of allylic oxidation sites excluding steroid dienone is 5. The van der Waals surface area contributed by atoms with Gasteiger partial charge in [0, 0.05) is 6.42 Å². The number of phosphoric ester groups is 1. The van der Waals surface area contributed by atoms with E-state index in [1.54, 1.807) is 6.08 Å². The fourth-order valence-electron chi connectivity index (χ4n) is 9.95. The molecule has 0 aromatic heterocycles. The van der Waals surface area contributed by atoms with Gasteiger partial charge < -0.3 is 28.8 Å². The zero-order valence-corrected chi connectivity index (χ0v) is 51.7. The highest BCUT2D eigenvalue weighted by Gasteiger charge is 2.23. The van der Waals surface area contributed by atoms with E-state index in [9.17, 15) is 19.4 Å². The normalized spacial score (nSPS) is 14.0. The second kappa shape index (κ2) is 57.4. The third-order valence-corrected chi connectivity index (χ3v) is 16.0. The number of carbonyl (C=O) groups excluding carboxylic acids is 1. The predicted molar refractivity (Wildman–Crippen MR) is 325 cm³/mol. The Hall–Kier alpha value is -1.28. The van der Waals surface area contributed by atoms with E-state index in [1.807, 2.05) is 27.2 Å². The van der Waals surface area contributed by atoms with Gasteiger partial charge in [0.2, 0.25) is 5.91 Å². The quantitative estimate of drug-likeness (QED) is 0.0272. The van der Waals surface area contributed by atoms with Gasteiger partial charge >= 0.3 is 0 Å². The van der Waals surface area contributed by atoms with Gasteiger partial charge in [-0.3, -0.25) is 9.36 Å². The third-order valence-electron chi connectivity index (χ3n) is 15.1. The largest absolute Gasteiger partial charge is 0.756 e. The molecular formula is C66H129N2O6P. The summed E-state index contributed by atoms with van der Waals surface area (Å²) in [6, 6.07) is -0.909. The van der Waals surface area contributed by atoms with Crippen molar-refractivity contribution >= 4 is 13.7 Å². The number of nitrogens with zero attached hydrogens (tertiary/aromatic N) is 1. The highest BCUT2D eigenvalue weighted by Crippen LogP contribution is 2.38. The Balaban J connectivity index is 4.16. The SMILES string of the molecule is CCCCCCCCCCCCCCCCCCCCC/C=C/CC/C=C/CC/C=C/C(O)C(COP(=O)([O-])OCC[N+](C)(C)C)NC(=O)CCCCCCCCCCCCCCCCCCCCCCCCCC. The van der Waals surface area contributed by atoms with Crippen molar-refractivity contribution < 1.29 is 32.9 Å². The topological polar surface area (TPSA) is 108 Å². The smallest absolute Gasteiger partial charge is 0.268 e. The zero-order chi connectivity index (χ0) is 54.9. The van der Waals surface area contributed by atoms with Gasteiger partial charge in [-0.05, 0) is 44.9 Å². The zero-order valence-electron chi connectivity index (χ0n) is 50.8. The fourth-order valence-corrected chi connectivity index (χ4v) is 10.7. The Morgan fingerprint density at radius 3 is 1.08 bits per heavy atom. The number of hydrogen-bond acceptors (Lipinski definition) is 6. The van der Waals surface area contributed by atoms with Gasteiger partial charge in [-0.1, -0.05) is 314 Å². The van der Waals surface area contributed by atoms with Crippen LogP contribution in [-0.4, -0.2) is 68.5 Å². The Kier molecular flexibility index (Phi) is 56.4. The number of hydrogen-bond donors (Lipinski definition) is 2. The number of quaternary nitrogens is 1. The molecule has 0 radical (unpaired) electrons. The van der Waals surface area contributed by atoms with Crippen LogP contribution in [0.25, 0.3) is 0 Å². The van der Waals surface area contributed by atoms with Gasteiger partial charge in [-0.2, -0.15) is 0 Å². The van der Waals surface area contributed by atoms with Crippen LogP contribution >= 0.6 is 7.82 Å². The molecule has 0 aromatic rings. The molecule has 0 aliphatic heterocycles. The summed E-state index contributed by atoms with van der Waals surface area (Å²) in [5, 5.41) is 13.9. The lowest BCUT2D eigenvalue weighted by molar-refractivity contribution is -0.870. The van der Waals surface area contributed by atoms with Gasteiger partial charge in [-0.25, -0.2) is 0 Å². The summed E-state index contributed by atoms with van der Waals surface area (Å²) in [5.74, 6) is -0.205. The summed E-state index contributed by atoms with van der Waals surface area (Å²) in [5.41, 5.74) is 0. The Morgan fingerprint density at radius 1 is 0.453 bits per heavy atom. The van der Waals surface area contributed by atoms with Crippen molar-refractivity contribution in [3.63, 3.8) is 0 Å². The number of carbonyl (C=O) groups is 1. The van der Waals surface area contributed by atoms with Crippen LogP contribution in [0.1, 0.15) is 328 Å². The van der Waals surface area contributed by atoms with Crippen molar-refractivity contribution in [1.82, 2.24) is 5.32 Å². The number of nitrogens with one attached hydrogen (secondary N) is 1. The van der Waals surface area contributed by atoms with Crippen LogP contribution < -0.4 is 10.2 Å². The Labute approximate surface area is 467 Å². The molecule has 75 heavy (non-hydrogen) atoms. The number of rotatable bonds is 61. The summed E-state index contributed by atoms with van der Waals surface area (Å²) in [6.45, 7) is 4.68. The highest BCUT2D eigenvalue weighted by atomic mass is 31.2. The number of unbranched alkanes of at least 4 members (excludes halogenated alkanes) is 44. The molecule has 0 saturated carbocycles. The number of phosphoric acid groups is 1. The molecule has 9 heteroatoms. The summed E-state index contributed by atoms with van der Waals surface area (Å²) in [7, 11) is 1.25. The minimum Gasteiger partial charge on any atom is -0.756 e. The lowest BCUT2D eigenvalue weighted by Gasteiger charge is -2.29. The van der Waals surface area contributed by atoms with E-state index >= 15 is 0 Å². The molecule has 1 amide bonds. The second-order valence-electron chi connectivity index (χ2n) is 23.8. The lowest BCUT2D eigenvalue weighted by Crippen LogP contribution is -2.45. The first-order valence-electron chi connectivity index (χ1n) is 32.9. The first kappa shape index (κ1) is 73.7. The molecule has 3 atom stereocenters. The van der Waals surface area contributed by atoms with E-state index in [0.29, 0.717) is 17.4 Å². The first-order valence-corrected chi connectivity index (χ1v) is 34.3. The van der Waals surface area contributed by atoms with Crippen molar-refractivity contribution in [2.75, 3.05) is 40.9 Å². The minimum absolute atomic E-state index is 0.00716. The van der Waals surface area contributed by atoms with E-state index in [0.717, 1.165) is 44.9 Å². The highest BCUT2D eigenvalue weighted by molar-refractivity contribution is 7.45. The van der Waals surface area contributed by atoms with Gasteiger partial charge in [0.15, 0.2) is 0 Å². The monoisotopic (exact) mass is 1080 g/mol. The maximum Gasteiger partial charge on any atom is 0.268 e. The van der Waals surface area contributed by atoms with E-state index < -0.39 is 26.6 Å². The van der Waals surface area contributed by atoms with Crippen molar-refractivity contribution in [3.8, 4) is 0 Å². The fraction of sp³-hybridized carbons (Fsp3) is 0.894. The minimum atomic E-state index is -4.61. The van der Waals surface area contributed by atoms with E-state index in [2.05, 4.69) is 43.5 Å². The van der Waals surface area contributed by atoms with Crippen LogP contribution in [0.5, 0.6) is 0 Å². The van der Waals surface area contributed by atoms with Crippen LogP contribution in [0.15, 0.2) is 36.5 Å². The second-order valence-corrected chi connectivity index (χ2v) is 25.2. The average Bonchev–Trinajstić information content (AvgIpc) is 3.37. The van der Waals surface area contributed by atoms with Crippen molar-refractivity contribution in [2.24, 2.45) is 0 Å². The molecule has 0 fully saturated rings. The van der Waals surface area contributed by atoms with Crippen LogP contribution in [0.2, 0.25) is 0 Å². The average molecular weight is 1080 g/mol. The molecule has 8 nitrogen and oxygen atoms in total. The predicted octanol–water partition coefficient (Wildman–Crippen LogP) is 19.9. The molecule has 0 aliphatic rings. The number of aliphatic hydroxyl groups is 1. The Bertz CT molecular complexity index is 1320. The van der Waals surface area contributed by atoms with Crippen LogP contribution in [0, 0.1) is 0 Å². The van der Waals surface area contributed by atoms with E-state index in [1.165, 1.54) is 263 Å². The maximum atomic E-state index is 13.0. The van der Waals surface area contributed by atoms with Crippen molar-refractivity contribution in [1.29, 1.82) is 0 Å². The molecule has 0 aliphatic carbocycles. The van der Waals surface area contributed by atoms with Crippen molar-refractivity contribution in [2.45, 2.75) is 341 Å². The van der Waals surface area contributed by atoms with Gasteiger partial charge in [0.25, 0.3) is 7.82 Å². The molecule has 0 bridgehead atoms. The summed E-state index contributed by atoms with van der Waals surface area (Å²) >= 11 is 0. The van der Waals surface area contributed by atoms with Crippen LogP contribution in [-0.2, 0) is 18.4 Å². The maximum absolute atomic E-state index is 13.0. The Morgan fingerprint density at radius 2 is 0.747 bits per heavy atom. The molecule has 444 valence electrons. The van der Waals surface area contributed by atoms with E-state index in [4.69, 9.17) is 9.05 Å². The van der Waals surface area contributed by atoms with Crippen LogP contribution in [0.3, 0.4) is 0 Å². The van der Waals surface area contributed by atoms with Crippen molar-refractivity contribution in [3.05, 3.63) is 36.5 Å². The number of amides is 1. The van der Waals surface area contributed by atoms with Gasteiger partial charge in [0.05, 0.1) is 39.9 Å².